The Morgan fingerprint density at radius 2 is 1.86 bits per heavy atom. The average molecular weight is 286 g/mol. The number of nitrogens with one attached hydrogen (secondary N) is 1. The van der Waals surface area contributed by atoms with Gasteiger partial charge in [0.05, 0.1) is 12.8 Å². The van der Waals surface area contributed by atoms with E-state index < -0.39 is 0 Å². The van der Waals surface area contributed by atoms with Gasteiger partial charge in [-0.2, -0.15) is 0 Å². The van der Waals surface area contributed by atoms with Crippen molar-refractivity contribution in [3.05, 3.63) is 59.0 Å². The van der Waals surface area contributed by atoms with Gasteiger partial charge in [-0.05, 0) is 38.6 Å². The highest BCUT2D eigenvalue weighted by Gasteiger charge is 2.09. The maximum absolute atomic E-state index is 5.59. The molecule has 0 unspecified atom stereocenters. The lowest BCUT2D eigenvalue weighted by Gasteiger charge is -2.17. The molecule has 3 heteroatoms. The van der Waals surface area contributed by atoms with Gasteiger partial charge in [-0.25, -0.2) is 0 Å². The Balaban J connectivity index is 1.88. The second-order valence-electron chi connectivity index (χ2n) is 5.70. The monoisotopic (exact) mass is 286 g/mol. The molecule has 0 spiro atoms. The van der Waals surface area contributed by atoms with E-state index in [1.165, 1.54) is 16.7 Å². The summed E-state index contributed by atoms with van der Waals surface area (Å²) in [6.45, 7) is 7.99. The zero-order valence-corrected chi connectivity index (χ0v) is 13.4. The molecule has 2 rings (SSSR count). The molecular weight excluding hydrogens is 260 g/mol. The molecule has 1 heterocycles. The predicted molar refractivity (Wildman–Crippen MR) is 87.1 cm³/mol. The fourth-order valence-electron chi connectivity index (χ4n) is 2.39. The van der Waals surface area contributed by atoms with Crippen molar-refractivity contribution in [2.24, 2.45) is 0 Å². The minimum absolute atomic E-state index is 0.814. The van der Waals surface area contributed by atoms with E-state index >= 15 is 0 Å². The summed E-state index contributed by atoms with van der Waals surface area (Å²) >= 11 is 0. The van der Waals surface area contributed by atoms with Crippen molar-refractivity contribution in [3.8, 4) is 0 Å². The first-order valence-electron chi connectivity index (χ1n) is 7.69. The normalized spacial score (nSPS) is 11.2. The van der Waals surface area contributed by atoms with Crippen LogP contribution < -0.4 is 5.32 Å². The molecule has 0 aliphatic heterocycles. The van der Waals surface area contributed by atoms with Gasteiger partial charge in [-0.3, -0.25) is 4.90 Å². The Bertz CT molecular complexity index is 530. The number of rotatable bonds is 8. The van der Waals surface area contributed by atoms with E-state index in [4.69, 9.17) is 4.42 Å². The van der Waals surface area contributed by atoms with E-state index in [-0.39, 0.29) is 0 Å². The maximum atomic E-state index is 5.59. The first kappa shape index (κ1) is 15.8. The van der Waals surface area contributed by atoms with Crippen LogP contribution in [0.4, 0.5) is 0 Å². The number of benzene rings is 1. The van der Waals surface area contributed by atoms with Crippen LogP contribution in [0.1, 0.15) is 35.8 Å². The minimum Gasteiger partial charge on any atom is -0.468 e. The first-order valence-corrected chi connectivity index (χ1v) is 7.69. The molecule has 0 aliphatic carbocycles. The maximum Gasteiger partial charge on any atom is 0.122 e. The van der Waals surface area contributed by atoms with Gasteiger partial charge in [0.1, 0.15) is 5.76 Å². The lowest BCUT2D eigenvalue weighted by atomic mass is 10.1. The third-order valence-electron chi connectivity index (χ3n) is 3.56. The van der Waals surface area contributed by atoms with Gasteiger partial charge in [-0.1, -0.05) is 36.8 Å². The summed E-state index contributed by atoms with van der Waals surface area (Å²) in [6.07, 6.45) is 2.93. The average Bonchev–Trinajstić information content (AvgIpc) is 2.89. The van der Waals surface area contributed by atoms with Gasteiger partial charge >= 0.3 is 0 Å². The van der Waals surface area contributed by atoms with Crippen LogP contribution in [0.25, 0.3) is 0 Å². The van der Waals surface area contributed by atoms with Crippen molar-refractivity contribution in [3.63, 3.8) is 0 Å². The molecule has 0 saturated carbocycles. The largest absolute Gasteiger partial charge is 0.468 e. The lowest BCUT2D eigenvalue weighted by Crippen LogP contribution is -2.19. The second kappa shape index (κ2) is 8.01. The quantitative estimate of drug-likeness (QED) is 0.750. The van der Waals surface area contributed by atoms with Gasteiger partial charge in [0.25, 0.3) is 0 Å². The molecule has 2 aromatic rings. The molecule has 0 atom stereocenters. The smallest absolute Gasteiger partial charge is 0.122 e. The number of hydrogen-bond acceptors (Lipinski definition) is 3. The summed E-state index contributed by atoms with van der Waals surface area (Å²) in [7, 11) is 2.15. The van der Waals surface area contributed by atoms with Gasteiger partial charge in [0.15, 0.2) is 0 Å². The minimum atomic E-state index is 0.814. The Morgan fingerprint density at radius 1 is 1.10 bits per heavy atom. The van der Waals surface area contributed by atoms with Crippen LogP contribution in [-0.2, 0) is 19.6 Å². The zero-order valence-electron chi connectivity index (χ0n) is 13.4. The molecule has 114 valence electrons. The van der Waals surface area contributed by atoms with Crippen LogP contribution in [0, 0.1) is 6.92 Å². The number of furan rings is 1. The Kier molecular flexibility index (Phi) is 6.03. The molecule has 0 fully saturated rings. The van der Waals surface area contributed by atoms with Crippen LogP contribution in [0.3, 0.4) is 0 Å². The third-order valence-corrected chi connectivity index (χ3v) is 3.56. The number of aryl methyl sites for hydroxylation is 1. The third kappa shape index (κ3) is 5.03. The molecular formula is C18H26N2O. The Hall–Kier alpha value is -1.58. The molecule has 3 nitrogen and oxygen atoms in total. The standard InChI is InChI=1S/C18H26N2O/c1-4-10-19-12-18-17(9-11-21-18)14-20(3)13-16-7-5-15(2)6-8-16/h5-9,11,19H,4,10,12-14H2,1-3H3. The highest BCUT2D eigenvalue weighted by Crippen LogP contribution is 2.14. The summed E-state index contributed by atoms with van der Waals surface area (Å²) in [5.41, 5.74) is 3.92. The molecule has 21 heavy (non-hydrogen) atoms. The first-order chi connectivity index (χ1) is 10.2. The van der Waals surface area contributed by atoms with E-state index in [2.05, 4.69) is 61.4 Å². The Labute approximate surface area is 128 Å². The van der Waals surface area contributed by atoms with Crippen molar-refractivity contribution >= 4 is 0 Å². The van der Waals surface area contributed by atoms with Gasteiger partial charge in [0, 0.05) is 18.7 Å². The summed E-state index contributed by atoms with van der Waals surface area (Å²) in [5, 5.41) is 3.39. The summed E-state index contributed by atoms with van der Waals surface area (Å²) in [4.78, 5) is 2.32. The van der Waals surface area contributed by atoms with E-state index in [0.29, 0.717) is 0 Å². The van der Waals surface area contributed by atoms with Gasteiger partial charge in [-0.15, -0.1) is 0 Å². The SMILES string of the molecule is CCCNCc1occc1CN(C)Cc1ccc(C)cc1. The molecule has 1 aromatic carbocycles. The highest BCUT2D eigenvalue weighted by atomic mass is 16.3. The van der Waals surface area contributed by atoms with Crippen molar-refractivity contribution < 1.29 is 4.42 Å². The van der Waals surface area contributed by atoms with Crippen molar-refractivity contribution in [1.29, 1.82) is 0 Å². The molecule has 0 amide bonds. The van der Waals surface area contributed by atoms with E-state index in [0.717, 1.165) is 38.4 Å². The van der Waals surface area contributed by atoms with Crippen molar-refractivity contribution in [1.82, 2.24) is 10.2 Å². The van der Waals surface area contributed by atoms with E-state index in [1.54, 1.807) is 6.26 Å². The fourth-order valence-corrected chi connectivity index (χ4v) is 2.39. The predicted octanol–water partition coefficient (Wildman–Crippen LogP) is 3.72. The topological polar surface area (TPSA) is 28.4 Å². The van der Waals surface area contributed by atoms with Crippen LogP contribution in [0.5, 0.6) is 0 Å². The molecule has 0 radical (unpaired) electrons. The molecule has 1 N–H and O–H groups in total. The summed E-state index contributed by atoms with van der Waals surface area (Å²) in [5.74, 6) is 1.05. The van der Waals surface area contributed by atoms with E-state index in [9.17, 15) is 0 Å². The zero-order chi connectivity index (χ0) is 15.1. The van der Waals surface area contributed by atoms with Gasteiger partial charge in [0.2, 0.25) is 0 Å². The highest BCUT2D eigenvalue weighted by molar-refractivity contribution is 5.22. The number of nitrogens with zero attached hydrogens (tertiary/aromatic N) is 1. The molecule has 0 saturated heterocycles. The van der Waals surface area contributed by atoms with Crippen LogP contribution >= 0.6 is 0 Å². The van der Waals surface area contributed by atoms with Crippen molar-refractivity contribution in [2.45, 2.75) is 39.9 Å². The molecule has 1 aromatic heterocycles. The Morgan fingerprint density at radius 3 is 2.57 bits per heavy atom. The lowest BCUT2D eigenvalue weighted by molar-refractivity contribution is 0.314. The van der Waals surface area contributed by atoms with Crippen LogP contribution in [-0.4, -0.2) is 18.5 Å². The van der Waals surface area contributed by atoms with Crippen LogP contribution in [0.15, 0.2) is 41.0 Å². The van der Waals surface area contributed by atoms with Crippen molar-refractivity contribution in [2.75, 3.05) is 13.6 Å². The summed E-state index contributed by atoms with van der Waals surface area (Å²) in [6, 6.07) is 10.8. The van der Waals surface area contributed by atoms with E-state index in [1.807, 2.05) is 0 Å². The molecule has 0 aliphatic rings. The van der Waals surface area contributed by atoms with Crippen LogP contribution in [0.2, 0.25) is 0 Å². The van der Waals surface area contributed by atoms with Gasteiger partial charge < -0.3 is 9.73 Å². The number of hydrogen-bond donors (Lipinski definition) is 1. The second-order valence-corrected chi connectivity index (χ2v) is 5.70. The molecule has 0 bridgehead atoms. The summed E-state index contributed by atoms with van der Waals surface area (Å²) < 4.78 is 5.59. The fraction of sp³-hybridized carbons (Fsp3) is 0.444.